The molecule has 3 rings (SSSR count). The molecule has 2 aromatic rings. The van der Waals surface area contributed by atoms with E-state index in [9.17, 15) is 14.7 Å². The van der Waals surface area contributed by atoms with Gasteiger partial charge in [0.1, 0.15) is 5.76 Å². The minimum atomic E-state index is -0.880. The van der Waals surface area contributed by atoms with Crippen LogP contribution in [0.2, 0.25) is 0 Å². The first-order chi connectivity index (χ1) is 12.5. The van der Waals surface area contributed by atoms with Gasteiger partial charge in [-0.25, -0.2) is 4.98 Å². The minimum Gasteiger partial charge on any atom is -0.481 e. The number of carboxylic acid groups (broad SMARTS) is 1. The molecular formula is C18H22N2O5S. The highest BCUT2D eigenvalue weighted by Gasteiger charge is 2.30. The van der Waals surface area contributed by atoms with Crippen LogP contribution in [0.4, 0.5) is 0 Å². The fraction of sp³-hybridized carbons (Fsp3) is 0.500. The van der Waals surface area contributed by atoms with Gasteiger partial charge in [-0.1, -0.05) is 0 Å². The average Bonchev–Trinajstić information content (AvgIpc) is 3.26. The first-order valence-electron chi connectivity index (χ1n) is 8.60. The summed E-state index contributed by atoms with van der Waals surface area (Å²) in [5.41, 5.74) is 1.46. The van der Waals surface area contributed by atoms with Gasteiger partial charge in [0.25, 0.3) is 0 Å². The number of amides is 1. The zero-order valence-electron chi connectivity index (χ0n) is 14.6. The Balaban J connectivity index is 1.57. The Morgan fingerprint density at radius 1 is 1.42 bits per heavy atom. The molecule has 0 saturated carbocycles. The molecule has 0 spiro atoms. The predicted octanol–water partition coefficient (Wildman–Crippen LogP) is 2.50. The number of carbonyl (C=O) groups is 2. The quantitative estimate of drug-likeness (QED) is 0.768. The molecule has 26 heavy (non-hydrogen) atoms. The van der Waals surface area contributed by atoms with E-state index in [1.807, 2.05) is 16.8 Å². The summed E-state index contributed by atoms with van der Waals surface area (Å²) in [4.78, 5) is 28.2. The molecule has 1 aliphatic heterocycles. The summed E-state index contributed by atoms with van der Waals surface area (Å²) < 4.78 is 10.9. The van der Waals surface area contributed by atoms with E-state index in [2.05, 4.69) is 10.3 Å². The highest BCUT2D eigenvalue weighted by atomic mass is 32.1. The molecule has 1 atom stereocenters. The summed E-state index contributed by atoms with van der Waals surface area (Å²) in [7, 11) is 0. The van der Waals surface area contributed by atoms with Crippen LogP contribution in [0.5, 0.6) is 0 Å². The lowest BCUT2D eigenvalue weighted by Gasteiger charge is -2.27. The van der Waals surface area contributed by atoms with Crippen molar-refractivity contribution in [3.63, 3.8) is 0 Å². The van der Waals surface area contributed by atoms with Crippen molar-refractivity contribution in [2.75, 3.05) is 19.8 Å². The highest BCUT2D eigenvalue weighted by molar-refractivity contribution is 7.08. The summed E-state index contributed by atoms with van der Waals surface area (Å²) in [6.45, 7) is 3.04. The Morgan fingerprint density at radius 3 is 2.85 bits per heavy atom. The lowest BCUT2D eigenvalue weighted by molar-refractivity contribution is -0.144. The summed E-state index contributed by atoms with van der Waals surface area (Å²) in [6, 6.07) is 1.91. The summed E-state index contributed by atoms with van der Waals surface area (Å²) in [6.07, 6.45) is 1.48. The molecule has 1 amide bonds. The zero-order valence-corrected chi connectivity index (χ0v) is 15.4. The summed E-state index contributed by atoms with van der Waals surface area (Å²) in [5, 5.41) is 16.1. The van der Waals surface area contributed by atoms with Gasteiger partial charge >= 0.3 is 5.97 Å². The van der Waals surface area contributed by atoms with E-state index in [-0.39, 0.29) is 24.8 Å². The van der Waals surface area contributed by atoms with Gasteiger partial charge in [-0.15, -0.1) is 0 Å². The second kappa shape index (κ2) is 8.46. The van der Waals surface area contributed by atoms with Crippen LogP contribution in [0.15, 0.2) is 21.2 Å². The molecule has 1 unspecified atom stereocenters. The minimum absolute atomic E-state index is 0.0283. The van der Waals surface area contributed by atoms with E-state index in [0.29, 0.717) is 43.4 Å². The third-order valence-corrected chi connectivity index (χ3v) is 5.34. The number of hydrogen-bond acceptors (Lipinski definition) is 6. The lowest BCUT2D eigenvalue weighted by Crippen LogP contribution is -2.39. The van der Waals surface area contributed by atoms with Crippen LogP contribution in [0.3, 0.4) is 0 Å². The van der Waals surface area contributed by atoms with Crippen molar-refractivity contribution in [1.82, 2.24) is 10.3 Å². The molecule has 8 heteroatoms. The van der Waals surface area contributed by atoms with Crippen molar-refractivity contribution < 1.29 is 23.8 Å². The van der Waals surface area contributed by atoms with Crippen LogP contribution in [-0.4, -0.2) is 41.7 Å². The Hall–Kier alpha value is -2.19. The maximum absolute atomic E-state index is 12.3. The first kappa shape index (κ1) is 18.6. The van der Waals surface area contributed by atoms with Crippen molar-refractivity contribution in [1.29, 1.82) is 0 Å². The number of rotatable bonds is 7. The van der Waals surface area contributed by atoms with Crippen molar-refractivity contribution in [3.05, 3.63) is 28.3 Å². The standard InChI is InChI=1S/C18H22N2O5S/c1-11-15(20-17(25-11)13-4-7-26-10-13)8-16(21)19-9-14(18(22)23)12-2-5-24-6-3-12/h4,7,10,12,14H,2-3,5-6,8-9H2,1H3,(H,19,21)(H,22,23). The number of nitrogens with zero attached hydrogens (tertiary/aromatic N) is 1. The summed E-state index contributed by atoms with van der Waals surface area (Å²) in [5.74, 6) is -0.605. The van der Waals surface area contributed by atoms with Gasteiger partial charge in [-0.3, -0.25) is 9.59 Å². The molecule has 1 saturated heterocycles. The molecule has 1 aliphatic rings. The SMILES string of the molecule is Cc1oc(-c2ccsc2)nc1CC(=O)NCC(C(=O)O)C1CCOCC1. The molecule has 140 valence electrons. The number of aliphatic carboxylic acids is 1. The second-order valence-electron chi connectivity index (χ2n) is 6.41. The van der Waals surface area contributed by atoms with Gasteiger partial charge in [0.2, 0.25) is 11.8 Å². The molecule has 0 aromatic carbocycles. The van der Waals surface area contributed by atoms with E-state index in [1.54, 1.807) is 18.3 Å². The third-order valence-electron chi connectivity index (χ3n) is 4.66. The first-order valence-corrected chi connectivity index (χ1v) is 9.55. The molecule has 2 N–H and O–H groups in total. The maximum atomic E-state index is 12.3. The van der Waals surface area contributed by atoms with Crippen LogP contribution in [0.25, 0.3) is 11.5 Å². The molecule has 0 bridgehead atoms. The molecule has 0 aliphatic carbocycles. The third kappa shape index (κ3) is 4.50. The van der Waals surface area contributed by atoms with Gasteiger partial charge in [0.15, 0.2) is 0 Å². The number of aromatic nitrogens is 1. The van der Waals surface area contributed by atoms with Crippen molar-refractivity contribution >= 4 is 23.2 Å². The van der Waals surface area contributed by atoms with Crippen LogP contribution < -0.4 is 5.32 Å². The lowest BCUT2D eigenvalue weighted by atomic mass is 9.86. The monoisotopic (exact) mass is 378 g/mol. The van der Waals surface area contributed by atoms with Gasteiger partial charge in [-0.05, 0) is 37.1 Å². The average molecular weight is 378 g/mol. The molecule has 1 fully saturated rings. The molecular weight excluding hydrogens is 356 g/mol. The molecule has 2 aromatic heterocycles. The number of carbonyl (C=O) groups excluding carboxylic acids is 1. The van der Waals surface area contributed by atoms with Crippen molar-refractivity contribution in [3.8, 4) is 11.5 Å². The Morgan fingerprint density at radius 2 is 2.19 bits per heavy atom. The maximum Gasteiger partial charge on any atom is 0.308 e. The van der Waals surface area contributed by atoms with Crippen LogP contribution in [0, 0.1) is 18.8 Å². The van der Waals surface area contributed by atoms with Gasteiger partial charge < -0.3 is 19.6 Å². The summed E-state index contributed by atoms with van der Waals surface area (Å²) >= 11 is 1.55. The Labute approximate surface area is 155 Å². The number of oxazole rings is 1. The van der Waals surface area contributed by atoms with E-state index < -0.39 is 11.9 Å². The fourth-order valence-electron chi connectivity index (χ4n) is 3.11. The fourth-order valence-corrected chi connectivity index (χ4v) is 3.74. The van der Waals surface area contributed by atoms with Gasteiger partial charge in [-0.2, -0.15) is 11.3 Å². The zero-order chi connectivity index (χ0) is 18.5. The van der Waals surface area contributed by atoms with Crippen molar-refractivity contribution in [2.24, 2.45) is 11.8 Å². The second-order valence-corrected chi connectivity index (χ2v) is 7.19. The Bertz CT molecular complexity index is 750. The largest absolute Gasteiger partial charge is 0.481 e. The molecule has 0 radical (unpaired) electrons. The van der Waals surface area contributed by atoms with Gasteiger partial charge in [0, 0.05) is 30.7 Å². The highest BCUT2D eigenvalue weighted by Crippen LogP contribution is 2.25. The number of hydrogen-bond donors (Lipinski definition) is 2. The Kier molecular flexibility index (Phi) is 6.05. The van der Waals surface area contributed by atoms with Crippen LogP contribution in [-0.2, 0) is 20.7 Å². The number of thiophene rings is 1. The number of ether oxygens (including phenoxy) is 1. The van der Waals surface area contributed by atoms with Crippen molar-refractivity contribution in [2.45, 2.75) is 26.2 Å². The van der Waals surface area contributed by atoms with E-state index in [0.717, 1.165) is 5.56 Å². The van der Waals surface area contributed by atoms with E-state index in [1.165, 1.54) is 0 Å². The van der Waals surface area contributed by atoms with Crippen LogP contribution >= 0.6 is 11.3 Å². The predicted molar refractivity (Wildman–Crippen MR) is 95.9 cm³/mol. The van der Waals surface area contributed by atoms with E-state index in [4.69, 9.17) is 9.15 Å². The smallest absolute Gasteiger partial charge is 0.308 e. The van der Waals surface area contributed by atoms with Gasteiger partial charge in [0.05, 0.1) is 18.0 Å². The molecule has 3 heterocycles. The molecule has 7 nitrogen and oxygen atoms in total. The van der Waals surface area contributed by atoms with Crippen LogP contribution in [0.1, 0.15) is 24.3 Å². The normalized spacial score (nSPS) is 16.3. The van der Waals surface area contributed by atoms with E-state index >= 15 is 0 Å². The topological polar surface area (TPSA) is 102 Å². The number of aryl methyl sites for hydroxylation is 1. The number of nitrogens with one attached hydrogen (secondary N) is 1. The number of carboxylic acids is 1.